The van der Waals surface area contributed by atoms with Crippen molar-refractivity contribution in [3.8, 4) is 33.8 Å². The fourth-order valence-corrected chi connectivity index (χ4v) is 5.39. The van der Waals surface area contributed by atoms with E-state index < -0.39 is 11.5 Å². The summed E-state index contributed by atoms with van der Waals surface area (Å²) in [6, 6.07) is 27.3. The number of pyridine rings is 3. The lowest BCUT2D eigenvalue weighted by molar-refractivity contribution is -0.125. The van der Waals surface area contributed by atoms with Crippen LogP contribution in [0.4, 0.5) is 8.78 Å². The lowest BCUT2D eigenvalue weighted by atomic mass is 9.70. The van der Waals surface area contributed by atoms with Crippen LogP contribution < -0.4 is 5.73 Å². The van der Waals surface area contributed by atoms with E-state index in [9.17, 15) is 8.78 Å². The second kappa shape index (κ2) is 8.22. The van der Waals surface area contributed by atoms with E-state index in [0.717, 1.165) is 39.0 Å². The first-order chi connectivity index (χ1) is 18.4. The SMILES string of the molecule is NC1(c2ccc(-c3nc4ccc5nnc(-c6cccnc6)n5c4cc3-c3ccccc3)cc2)CC(F)(F)C1. The van der Waals surface area contributed by atoms with Crippen molar-refractivity contribution >= 4 is 16.7 Å². The maximum atomic E-state index is 13.6. The highest BCUT2D eigenvalue weighted by Gasteiger charge is 2.55. The van der Waals surface area contributed by atoms with Crippen LogP contribution in [-0.4, -0.2) is 30.5 Å². The van der Waals surface area contributed by atoms with Crippen LogP contribution in [0.2, 0.25) is 0 Å². The molecule has 2 aromatic carbocycles. The average molecular weight is 505 g/mol. The summed E-state index contributed by atoms with van der Waals surface area (Å²) < 4.78 is 29.1. The van der Waals surface area contributed by atoms with Crippen molar-refractivity contribution in [2.75, 3.05) is 0 Å². The first kappa shape index (κ1) is 22.6. The third-order valence-electron chi connectivity index (χ3n) is 7.24. The molecule has 2 N–H and O–H groups in total. The van der Waals surface area contributed by atoms with E-state index in [-0.39, 0.29) is 12.8 Å². The zero-order valence-electron chi connectivity index (χ0n) is 20.2. The van der Waals surface area contributed by atoms with Crippen molar-refractivity contribution in [3.63, 3.8) is 0 Å². The summed E-state index contributed by atoms with van der Waals surface area (Å²) in [4.78, 5) is 9.33. The molecule has 0 saturated heterocycles. The van der Waals surface area contributed by atoms with Gasteiger partial charge in [-0.15, -0.1) is 10.2 Å². The highest BCUT2D eigenvalue weighted by Crippen LogP contribution is 2.50. The van der Waals surface area contributed by atoms with E-state index in [1.807, 2.05) is 83.3 Å². The third-order valence-corrected chi connectivity index (χ3v) is 7.24. The van der Waals surface area contributed by atoms with Crippen LogP contribution in [-0.2, 0) is 5.54 Å². The number of aromatic nitrogens is 5. The number of rotatable bonds is 4. The number of benzene rings is 2. The van der Waals surface area contributed by atoms with Crippen LogP contribution in [0.5, 0.6) is 0 Å². The Balaban J connectivity index is 1.42. The lowest BCUT2D eigenvalue weighted by Crippen LogP contribution is -2.55. The Labute approximate surface area is 216 Å². The number of nitrogens with two attached hydrogens (primary N) is 1. The quantitative estimate of drug-likeness (QED) is 0.307. The van der Waals surface area contributed by atoms with E-state index in [4.69, 9.17) is 10.7 Å². The molecule has 6 nitrogen and oxygen atoms in total. The normalized spacial score (nSPS) is 16.0. The van der Waals surface area contributed by atoms with Gasteiger partial charge in [-0.05, 0) is 41.5 Å². The molecule has 1 aliphatic carbocycles. The largest absolute Gasteiger partial charge is 0.321 e. The summed E-state index contributed by atoms with van der Waals surface area (Å²) in [7, 11) is 0. The molecule has 8 heteroatoms. The number of halogens is 2. The second-order valence-corrected chi connectivity index (χ2v) is 9.89. The van der Waals surface area contributed by atoms with Gasteiger partial charge >= 0.3 is 0 Å². The summed E-state index contributed by atoms with van der Waals surface area (Å²) >= 11 is 0. The molecule has 4 aromatic heterocycles. The summed E-state index contributed by atoms with van der Waals surface area (Å²) in [6.07, 6.45) is 2.81. The molecule has 38 heavy (non-hydrogen) atoms. The van der Waals surface area contributed by atoms with Crippen LogP contribution in [0.1, 0.15) is 18.4 Å². The maximum Gasteiger partial charge on any atom is 0.252 e. The molecule has 186 valence electrons. The second-order valence-electron chi connectivity index (χ2n) is 9.89. The van der Waals surface area contributed by atoms with E-state index in [1.54, 1.807) is 12.4 Å². The molecular weight excluding hydrogens is 482 g/mol. The average Bonchev–Trinajstić information content (AvgIpc) is 3.37. The van der Waals surface area contributed by atoms with E-state index in [0.29, 0.717) is 17.0 Å². The number of alkyl halides is 2. The van der Waals surface area contributed by atoms with Gasteiger partial charge in [0.2, 0.25) is 0 Å². The highest BCUT2D eigenvalue weighted by atomic mass is 19.3. The van der Waals surface area contributed by atoms with Gasteiger partial charge in [0.05, 0.1) is 22.3 Å². The summed E-state index contributed by atoms with van der Waals surface area (Å²) in [5, 5.41) is 8.81. The Morgan fingerprint density at radius 3 is 2.26 bits per heavy atom. The Morgan fingerprint density at radius 2 is 1.55 bits per heavy atom. The minimum atomic E-state index is -2.70. The van der Waals surface area contributed by atoms with Crippen LogP contribution >= 0.6 is 0 Å². The third kappa shape index (κ3) is 3.64. The summed E-state index contributed by atoms with van der Waals surface area (Å²) in [5.41, 5.74) is 12.8. The van der Waals surface area contributed by atoms with Crippen molar-refractivity contribution in [2.45, 2.75) is 24.3 Å². The lowest BCUT2D eigenvalue weighted by Gasteiger charge is -2.44. The molecule has 1 fully saturated rings. The number of nitrogens with zero attached hydrogens (tertiary/aromatic N) is 5. The predicted molar refractivity (Wildman–Crippen MR) is 142 cm³/mol. The van der Waals surface area contributed by atoms with Gasteiger partial charge in [-0.3, -0.25) is 9.38 Å². The Kier molecular flexibility index (Phi) is 4.90. The number of hydrogen-bond acceptors (Lipinski definition) is 5. The zero-order valence-corrected chi connectivity index (χ0v) is 20.2. The zero-order chi connectivity index (χ0) is 25.9. The molecule has 0 radical (unpaired) electrons. The molecule has 0 unspecified atom stereocenters. The molecule has 1 aliphatic rings. The monoisotopic (exact) mass is 504 g/mol. The molecule has 4 heterocycles. The van der Waals surface area contributed by atoms with Crippen molar-refractivity contribution in [1.29, 1.82) is 0 Å². The molecule has 0 spiro atoms. The van der Waals surface area contributed by atoms with Gasteiger partial charge in [0.25, 0.3) is 5.92 Å². The maximum absolute atomic E-state index is 13.6. The Bertz CT molecular complexity index is 1790. The highest BCUT2D eigenvalue weighted by molar-refractivity contribution is 5.92. The summed E-state index contributed by atoms with van der Waals surface area (Å²) in [6.45, 7) is 0. The van der Waals surface area contributed by atoms with Gasteiger partial charge in [0.15, 0.2) is 11.5 Å². The van der Waals surface area contributed by atoms with E-state index in [1.165, 1.54) is 0 Å². The van der Waals surface area contributed by atoms with Gasteiger partial charge in [0, 0.05) is 41.9 Å². The number of hydrogen-bond donors (Lipinski definition) is 1. The van der Waals surface area contributed by atoms with Crippen molar-refractivity contribution in [3.05, 3.63) is 103 Å². The van der Waals surface area contributed by atoms with Gasteiger partial charge in [-0.25, -0.2) is 13.8 Å². The van der Waals surface area contributed by atoms with Crippen molar-refractivity contribution in [2.24, 2.45) is 5.73 Å². The van der Waals surface area contributed by atoms with E-state index >= 15 is 0 Å². The van der Waals surface area contributed by atoms with Crippen molar-refractivity contribution < 1.29 is 8.78 Å². The van der Waals surface area contributed by atoms with Crippen LogP contribution in [0.15, 0.2) is 97.3 Å². The molecule has 0 atom stereocenters. The fourth-order valence-electron chi connectivity index (χ4n) is 5.39. The Hall–Kier alpha value is -4.56. The molecule has 7 rings (SSSR count). The first-order valence-corrected chi connectivity index (χ1v) is 12.3. The molecule has 6 aromatic rings. The van der Waals surface area contributed by atoms with Gasteiger partial charge < -0.3 is 5.73 Å². The summed E-state index contributed by atoms with van der Waals surface area (Å²) in [5.74, 6) is -2.02. The number of fused-ring (bicyclic) bond motifs is 3. The fraction of sp³-hybridized carbons (Fsp3) is 0.133. The minimum absolute atomic E-state index is 0.336. The topological polar surface area (TPSA) is 82.0 Å². The van der Waals surface area contributed by atoms with Crippen LogP contribution in [0.3, 0.4) is 0 Å². The molecule has 0 amide bonds. The standard InChI is InChI=1S/C30H22F2N6/c31-30(32)17-29(33,18-30)22-10-8-20(9-11-22)27-23(19-5-2-1-3-6-19)15-25-24(35-27)12-13-26-36-37-28(38(25)26)21-7-4-14-34-16-21/h1-16H,17-18,33H2. The molecular formula is C30H22F2N6. The van der Waals surface area contributed by atoms with Gasteiger partial charge in [0.1, 0.15) is 0 Å². The molecule has 0 aliphatic heterocycles. The first-order valence-electron chi connectivity index (χ1n) is 12.3. The molecule has 0 bridgehead atoms. The van der Waals surface area contributed by atoms with Crippen LogP contribution in [0, 0.1) is 0 Å². The minimum Gasteiger partial charge on any atom is -0.321 e. The van der Waals surface area contributed by atoms with E-state index in [2.05, 4.69) is 21.2 Å². The smallest absolute Gasteiger partial charge is 0.252 e. The van der Waals surface area contributed by atoms with Crippen LogP contribution in [0.25, 0.3) is 50.5 Å². The van der Waals surface area contributed by atoms with Gasteiger partial charge in [-0.2, -0.15) is 0 Å². The van der Waals surface area contributed by atoms with Crippen molar-refractivity contribution in [1.82, 2.24) is 24.6 Å². The Morgan fingerprint density at radius 1 is 0.789 bits per heavy atom. The van der Waals surface area contributed by atoms with Gasteiger partial charge in [-0.1, -0.05) is 54.6 Å². The predicted octanol–water partition coefficient (Wildman–Crippen LogP) is 6.26. The molecule has 1 saturated carbocycles.